The highest BCUT2D eigenvalue weighted by Gasteiger charge is 2.19. The van der Waals surface area contributed by atoms with Gasteiger partial charge in [0, 0.05) is 13.2 Å². The summed E-state index contributed by atoms with van der Waals surface area (Å²) < 4.78 is 5.70. The number of rotatable bonds is 7. The molecule has 0 bridgehead atoms. The Balaban J connectivity index is 3.45. The van der Waals surface area contributed by atoms with E-state index in [2.05, 4.69) is 20.8 Å². The van der Waals surface area contributed by atoms with Gasteiger partial charge in [-0.15, -0.1) is 0 Å². The molecular formula is C10H23NO. The van der Waals surface area contributed by atoms with Crippen LogP contribution in [0.1, 0.15) is 46.5 Å². The Kier molecular flexibility index (Phi) is 6.39. The molecule has 0 spiro atoms. The van der Waals surface area contributed by atoms with Gasteiger partial charge in [0.25, 0.3) is 0 Å². The molecule has 0 aromatic heterocycles. The molecule has 0 aliphatic carbocycles. The first-order valence-electron chi connectivity index (χ1n) is 5.02. The van der Waals surface area contributed by atoms with E-state index in [4.69, 9.17) is 10.5 Å². The molecule has 2 nitrogen and oxygen atoms in total. The molecule has 12 heavy (non-hydrogen) atoms. The summed E-state index contributed by atoms with van der Waals surface area (Å²) in [6.45, 7) is 7.87. The van der Waals surface area contributed by atoms with E-state index in [1.807, 2.05) is 0 Å². The quantitative estimate of drug-likeness (QED) is 0.600. The van der Waals surface area contributed by atoms with Crippen LogP contribution >= 0.6 is 0 Å². The Morgan fingerprint density at radius 1 is 1.25 bits per heavy atom. The highest BCUT2D eigenvalue weighted by molar-refractivity contribution is 4.73. The van der Waals surface area contributed by atoms with Crippen LogP contribution in [0.15, 0.2) is 0 Å². The standard InChI is InChI=1S/C10H23NO/c1-4-6-7-8-12-10(3,5-2)9-11/h4-9,11H2,1-3H3. The molecule has 0 heterocycles. The molecule has 0 amide bonds. The monoisotopic (exact) mass is 173 g/mol. The van der Waals surface area contributed by atoms with Gasteiger partial charge in [-0.05, 0) is 19.8 Å². The van der Waals surface area contributed by atoms with Crippen molar-refractivity contribution in [2.24, 2.45) is 5.73 Å². The van der Waals surface area contributed by atoms with E-state index in [0.29, 0.717) is 6.54 Å². The lowest BCUT2D eigenvalue weighted by Gasteiger charge is -2.26. The summed E-state index contributed by atoms with van der Waals surface area (Å²) in [5.41, 5.74) is 5.52. The van der Waals surface area contributed by atoms with Crippen molar-refractivity contribution in [2.45, 2.75) is 52.1 Å². The fourth-order valence-corrected chi connectivity index (χ4v) is 0.976. The molecule has 0 aromatic rings. The molecule has 2 heteroatoms. The van der Waals surface area contributed by atoms with Crippen molar-refractivity contribution < 1.29 is 4.74 Å². The maximum Gasteiger partial charge on any atom is 0.0773 e. The third kappa shape index (κ3) is 4.73. The highest BCUT2D eigenvalue weighted by Crippen LogP contribution is 2.13. The second-order valence-electron chi connectivity index (χ2n) is 3.56. The van der Waals surface area contributed by atoms with Crippen molar-refractivity contribution in [3.8, 4) is 0 Å². The Labute approximate surface area is 76.5 Å². The van der Waals surface area contributed by atoms with Crippen molar-refractivity contribution in [3.05, 3.63) is 0 Å². The van der Waals surface area contributed by atoms with E-state index >= 15 is 0 Å². The molecular weight excluding hydrogens is 150 g/mol. The predicted molar refractivity (Wildman–Crippen MR) is 53.2 cm³/mol. The van der Waals surface area contributed by atoms with Crippen LogP contribution in [-0.4, -0.2) is 18.8 Å². The number of unbranched alkanes of at least 4 members (excludes halogenated alkanes) is 2. The van der Waals surface area contributed by atoms with Crippen molar-refractivity contribution in [3.63, 3.8) is 0 Å². The molecule has 0 radical (unpaired) electrons. The third-order valence-electron chi connectivity index (χ3n) is 2.38. The van der Waals surface area contributed by atoms with Crippen LogP contribution in [0.4, 0.5) is 0 Å². The number of hydrogen-bond acceptors (Lipinski definition) is 2. The first kappa shape index (κ1) is 11.9. The minimum atomic E-state index is -0.0895. The average molecular weight is 173 g/mol. The molecule has 0 saturated carbocycles. The average Bonchev–Trinajstić information content (AvgIpc) is 2.12. The van der Waals surface area contributed by atoms with Gasteiger partial charge in [-0.25, -0.2) is 0 Å². The maximum atomic E-state index is 5.70. The highest BCUT2D eigenvalue weighted by atomic mass is 16.5. The van der Waals surface area contributed by atoms with Crippen LogP contribution in [-0.2, 0) is 4.74 Å². The summed E-state index contributed by atoms with van der Waals surface area (Å²) in [6.07, 6.45) is 4.65. The molecule has 0 saturated heterocycles. The van der Waals surface area contributed by atoms with Crippen LogP contribution in [0.5, 0.6) is 0 Å². The fraction of sp³-hybridized carbons (Fsp3) is 1.00. The van der Waals surface area contributed by atoms with Crippen molar-refractivity contribution in [2.75, 3.05) is 13.2 Å². The Morgan fingerprint density at radius 3 is 2.33 bits per heavy atom. The fourth-order valence-electron chi connectivity index (χ4n) is 0.976. The molecule has 1 atom stereocenters. The molecule has 0 aliphatic rings. The van der Waals surface area contributed by atoms with Gasteiger partial charge < -0.3 is 10.5 Å². The van der Waals surface area contributed by atoms with Gasteiger partial charge >= 0.3 is 0 Å². The van der Waals surface area contributed by atoms with Gasteiger partial charge in [-0.3, -0.25) is 0 Å². The van der Waals surface area contributed by atoms with E-state index < -0.39 is 0 Å². The van der Waals surface area contributed by atoms with Gasteiger partial charge in [-0.2, -0.15) is 0 Å². The normalized spacial score (nSPS) is 16.0. The van der Waals surface area contributed by atoms with Crippen molar-refractivity contribution >= 4 is 0 Å². The van der Waals surface area contributed by atoms with Gasteiger partial charge in [-0.1, -0.05) is 26.7 Å². The Hall–Kier alpha value is -0.0800. The maximum absolute atomic E-state index is 5.70. The molecule has 0 fully saturated rings. The summed E-state index contributed by atoms with van der Waals surface area (Å²) in [5, 5.41) is 0. The molecule has 74 valence electrons. The van der Waals surface area contributed by atoms with E-state index in [1.54, 1.807) is 0 Å². The zero-order valence-electron chi connectivity index (χ0n) is 8.73. The Morgan fingerprint density at radius 2 is 1.92 bits per heavy atom. The van der Waals surface area contributed by atoms with E-state index in [1.165, 1.54) is 12.8 Å². The lowest BCUT2D eigenvalue weighted by molar-refractivity contribution is -0.0288. The largest absolute Gasteiger partial charge is 0.374 e. The second-order valence-corrected chi connectivity index (χ2v) is 3.56. The minimum absolute atomic E-state index is 0.0895. The van der Waals surface area contributed by atoms with Crippen LogP contribution in [0, 0.1) is 0 Å². The summed E-state index contributed by atoms with van der Waals surface area (Å²) in [7, 11) is 0. The summed E-state index contributed by atoms with van der Waals surface area (Å²) >= 11 is 0. The van der Waals surface area contributed by atoms with Crippen LogP contribution in [0.3, 0.4) is 0 Å². The lowest BCUT2D eigenvalue weighted by atomic mass is 10.0. The first-order chi connectivity index (χ1) is 5.68. The van der Waals surface area contributed by atoms with Gasteiger partial charge in [0.15, 0.2) is 0 Å². The molecule has 1 unspecified atom stereocenters. The Bertz CT molecular complexity index is 100. The van der Waals surface area contributed by atoms with Gasteiger partial charge in [0.1, 0.15) is 0 Å². The summed E-state index contributed by atoms with van der Waals surface area (Å²) in [5.74, 6) is 0. The zero-order chi connectivity index (χ0) is 9.45. The summed E-state index contributed by atoms with van der Waals surface area (Å²) in [6, 6.07) is 0. The van der Waals surface area contributed by atoms with Crippen molar-refractivity contribution in [1.29, 1.82) is 0 Å². The topological polar surface area (TPSA) is 35.2 Å². The summed E-state index contributed by atoms with van der Waals surface area (Å²) in [4.78, 5) is 0. The van der Waals surface area contributed by atoms with E-state index in [0.717, 1.165) is 19.4 Å². The molecule has 0 aliphatic heterocycles. The SMILES string of the molecule is CCCCCOC(C)(CC)CN. The number of hydrogen-bond donors (Lipinski definition) is 1. The van der Waals surface area contributed by atoms with Crippen molar-refractivity contribution in [1.82, 2.24) is 0 Å². The number of ether oxygens (including phenoxy) is 1. The van der Waals surface area contributed by atoms with E-state index in [9.17, 15) is 0 Å². The zero-order valence-corrected chi connectivity index (χ0v) is 8.73. The van der Waals surface area contributed by atoms with E-state index in [-0.39, 0.29) is 5.60 Å². The molecule has 0 rings (SSSR count). The molecule has 2 N–H and O–H groups in total. The third-order valence-corrected chi connectivity index (χ3v) is 2.38. The van der Waals surface area contributed by atoms with Crippen LogP contribution in [0.2, 0.25) is 0 Å². The second kappa shape index (κ2) is 6.44. The molecule has 0 aromatic carbocycles. The smallest absolute Gasteiger partial charge is 0.0773 e. The lowest BCUT2D eigenvalue weighted by Crippen LogP contribution is -2.37. The number of nitrogens with two attached hydrogens (primary N) is 1. The predicted octanol–water partition coefficient (Wildman–Crippen LogP) is 2.32. The van der Waals surface area contributed by atoms with Crippen LogP contribution in [0.25, 0.3) is 0 Å². The first-order valence-corrected chi connectivity index (χ1v) is 5.02. The minimum Gasteiger partial charge on any atom is -0.374 e. The van der Waals surface area contributed by atoms with Crippen LogP contribution < -0.4 is 5.73 Å². The van der Waals surface area contributed by atoms with Gasteiger partial charge in [0.05, 0.1) is 5.60 Å². The van der Waals surface area contributed by atoms with Gasteiger partial charge in [0.2, 0.25) is 0 Å².